The number of rotatable bonds is 7. The molecule has 1 atom stereocenters. The summed E-state index contributed by atoms with van der Waals surface area (Å²) >= 11 is 1.42. The summed E-state index contributed by atoms with van der Waals surface area (Å²) in [6.45, 7) is 1.88. The van der Waals surface area contributed by atoms with Gasteiger partial charge in [0.2, 0.25) is 5.91 Å². The zero-order valence-corrected chi connectivity index (χ0v) is 17.2. The third-order valence-corrected chi connectivity index (χ3v) is 5.34. The molecule has 3 rings (SSSR count). The SMILES string of the molecule is COc1ccc(-n2ccnc2SC(C)C(=O)Nc2ccc(N(C)C)cc2)cc1. The lowest BCUT2D eigenvalue weighted by Crippen LogP contribution is -2.22. The molecule has 6 nitrogen and oxygen atoms in total. The van der Waals surface area contributed by atoms with E-state index in [0.717, 1.165) is 28.0 Å². The van der Waals surface area contributed by atoms with Crippen molar-refractivity contribution in [3.8, 4) is 11.4 Å². The highest BCUT2D eigenvalue weighted by Crippen LogP contribution is 2.26. The first kappa shape index (κ1) is 19.8. The number of carbonyl (C=O) groups is 1. The molecule has 0 spiro atoms. The number of carbonyl (C=O) groups excluding carboxylic acids is 1. The molecule has 1 amide bonds. The van der Waals surface area contributed by atoms with Crippen molar-refractivity contribution < 1.29 is 9.53 Å². The molecule has 0 radical (unpaired) electrons. The normalized spacial score (nSPS) is 11.7. The van der Waals surface area contributed by atoms with Gasteiger partial charge in [-0.3, -0.25) is 9.36 Å². The molecule has 0 saturated heterocycles. The van der Waals surface area contributed by atoms with Crippen LogP contribution < -0.4 is 15.0 Å². The molecule has 7 heteroatoms. The molecule has 146 valence electrons. The number of nitrogens with one attached hydrogen (secondary N) is 1. The summed E-state index contributed by atoms with van der Waals surface area (Å²) in [6, 6.07) is 15.5. The minimum Gasteiger partial charge on any atom is -0.497 e. The van der Waals surface area contributed by atoms with Gasteiger partial charge in [-0.05, 0) is 55.5 Å². The summed E-state index contributed by atoms with van der Waals surface area (Å²) in [5.74, 6) is 0.734. The Bertz CT molecular complexity index is 920. The number of methoxy groups -OCH3 is 1. The molecule has 1 heterocycles. The Balaban J connectivity index is 1.66. The van der Waals surface area contributed by atoms with Gasteiger partial charge in [0, 0.05) is 43.6 Å². The van der Waals surface area contributed by atoms with Gasteiger partial charge in [-0.15, -0.1) is 0 Å². The smallest absolute Gasteiger partial charge is 0.237 e. The number of anilines is 2. The van der Waals surface area contributed by atoms with E-state index in [2.05, 4.69) is 10.3 Å². The molecule has 3 aromatic rings. The van der Waals surface area contributed by atoms with Crippen molar-refractivity contribution in [2.45, 2.75) is 17.3 Å². The largest absolute Gasteiger partial charge is 0.497 e. The summed E-state index contributed by atoms with van der Waals surface area (Å²) in [7, 11) is 5.61. The second-order valence-corrected chi connectivity index (χ2v) is 7.78. The summed E-state index contributed by atoms with van der Waals surface area (Å²) in [5.41, 5.74) is 2.83. The van der Waals surface area contributed by atoms with E-state index in [9.17, 15) is 4.79 Å². The fraction of sp³-hybridized carbons (Fsp3) is 0.238. The first-order valence-corrected chi connectivity index (χ1v) is 9.78. The lowest BCUT2D eigenvalue weighted by atomic mass is 10.2. The van der Waals surface area contributed by atoms with Crippen LogP contribution in [-0.4, -0.2) is 41.9 Å². The van der Waals surface area contributed by atoms with Crippen molar-refractivity contribution in [3.63, 3.8) is 0 Å². The molecule has 1 N–H and O–H groups in total. The van der Waals surface area contributed by atoms with E-state index in [-0.39, 0.29) is 11.2 Å². The minimum atomic E-state index is -0.298. The highest BCUT2D eigenvalue weighted by molar-refractivity contribution is 8.00. The minimum absolute atomic E-state index is 0.0631. The van der Waals surface area contributed by atoms with Crippen LogP contribution >= 0.6 is 11.8 Å². The Morgan fingerprint density at radius 3 is 2.43 bits per heavy atom. The van der Waals surface area contributed by atoms with E-state index in [1.807, 2.05) is 85.2 Å². The summed E-state index contributed by atoms with van der Waals surface area (Å²) < 4.78 is 7.16. The molecule has 0 aliphatic rings. The molecule has 2 aromatic carbocycles. The fourth-order valence-electron chi connectivity index (χ4n) is 2.61. The molecule has 0 bridgehead atoms. The lowest BCUT2D eigenvalue weighted by Gasteiger charge is -2.15. The van der Waals surface area contributed by atoms with Gasteiger partial charge in [-0.25, -0.2) is 4.98 Å². The predicted octanol–water partition coefficient (Wildman–Crippen LogP) is 4.07. The number of hydrogen-bond acceptors (Lipinski definition) is 5. The summed E-state index contributed by atoms with van der Waals surface area (Å²) in [4.78, 5) is 19.0. The molecule has 28 heavy (non-hydrogen) atoms. The second kappa shape index (κ2) is 8.84. The molecule has 0 aliphatic carbocycles. The maximum atomic E-state index is 12.6. The molecule has 0 fully saturated rings. The first-order valence-electron chi connectivity index (χ1n) is 8.90. The zero-order valence-electron chi connectivity index (χ0n) is 16.4. The summed E-state index contributed by atoms with van der Waals surface area (Å²) in [6.07, 6.45) is 3.62. The monoisotopic (exact) mass is 396 g/mol. The molecule has 1 aromatic heterocycles. The number of aromatic nitrogens is 2. The second-order valence-electron chi connectivity index (χ2n) is 6.47. The molecule has 0 saturated carbocycles. The average Bonchev–Trinajstić information content (AvgIpc) is 3.16. The molecular weight excluding hydrogens is 372 g/mol. The Kier molecular flexibility index (Phi) is 6.26. The number of amides is 1. The quantitative estimate of drug-likeness (QED) is 0.610. The van der Waals surface area contributed by atoms with Crippen LogP contribution in [0.15, 0.2) is 66.1 Å². The number of thioether (sulfide) groups is 1. The van der Waals surface area contributed by atoms with Gasteiger partial charge < -0.3 is 15.0 Å². The number of benzene rings is 2. The predicted molar refractivity (Wildman–Crippen MR) is 115 cm³/mol. The third kappa shape index (κ3) is 4.67. The van der Waals surface area contributed by atoms with Crippen LogP contribution in [0.4, 0.5) is 11.4 Å². The Hall–Kier alpha value is -2.93. The molecule has 1 unspecified atom stereocenters. The first-order chi connectivity index (χ1) is 13.5. The van der Waals surface area contributed by atoms with E-state index in [4.69, 9.17) is 4.74 Å². The number of nitrogens with zero attached hydrogens (tertiary/aromatic N) is 3. The Morgan fingerprint density at radius 2 is 1.82 bits per heavy atom. The van der Waals surface area contributed by atoms with Crippen molar-refractivity contribution in [1.29, 1.82) is 0 Å². The van der Waals surface area contributed by atoms with Crippen LogP contribution in [0, 0.1) is 0 Å². The van der Waals surface area contributed by atoms with Crippen LogP contribution in [0.25, 0.3) is 5.69 Å². The van der Waals surface area contributed by atoms with E-state index >= 15 is 0 Å². The van der Waals surface area contributed by atoms with E-state index in [0.29, 0.717) is 0 Å². The van der Waals surface area contributed by atoms with Gasteiger partial charge in [-0.2, -0.15) is 0 Å². The van der Waals surface area contributed by atoms with Crippen LogP contribution in [-0.2, 0) is 4.79 Å². The molecule has 0 aliphatic heterocycles. The van der Waals surface area contributed by atoms with Gasteiger partial charge >= 0.3 is 0 Å². The Labute approximate surface area is 169 Å². The van der Waals surface area contributed by atoms with Crippen LogP contribution in [0.1, 0.15) is 6.92 Å². The van der Waals surface area contributed by atoms with Gasteiger partial charge in [0.25, 0.3) is 0 Å². The van der Waals surface area contributed by atoms with Crippen molar-refractivity contribution in [1.82, 2.24) is 9.55 Å². The number of ether oxygens (including phenoxy) is 1. The van der Waals surface area contributed by atoms with Crippen molar-refractivity contribution in [2.75, 3.05) is 31.4 Å². The Morgan fingerprint density at radius 1 is 1.14 bits per heavy atom. The maximum Gasteiger partial charge on any atom is 0.237 e. The highest BCUT2D eigenvalue weighted by atomic mass is 32.2. The maximum absolute atomic E-state index is 12.6. The standard InChI is InChI=1S/C21H24N4O2S/c1-15(20(26)23-16-5-7-17(8-6-16)24(2)3)28-21-22-13-14-25(21)18-9-11-19(27-4)12-10-18/h5-15H,1-4H3,(H,23,26). The van der Waals surface area contributed by atoms with E-state index in [1.165, 1.54) is 11.8 Å². The van der Waals surface area contributed by atoms with Gasteiger partial charge in [0.1, 0.15) is 5.75 Å². The van der Waals surface area contributed by atoms with Crippen LogP contribution in [0.2, 0.25) is 0 Å². The van der Waals surface area contributed by atoms with Gasteiger partial charge in [0.05, 0.1) is 12.4 Å². The summed E-state index contributed by atoms with van der Waals surface area (Å²) in [5, 5.41) is 3.42. The van der Waals surface area contributed by atoms with Crippen molar-refractivity contribution >= 4 is 29.0 Å². The van der Waals surface area contributed by atoms with Gasteiger partial charge in [0.15, 0.2) is 5.16 Å². The lowest BCUT2D eigenvalue weighted by molar-refractivity contribution is -0.115. The van der Waals surface area contributed by atoms with Crippen molar-refractivity contribution in [2.24, 2.45) is 0 Å². The third-order valence-electron chi connectivity index (χ3n) is 4.26. The van der Waals surface area contributed by atoms with E-state index in [1.54, 1.807) is 13.3 Å². The number of hydrogen-bond donors (Lipinski definition) is 1. The average molecular weight is 397 g/mol. The fourth-order valence-corrected chi connectivity index (χ4v) is 3.50. The molecular formula is C21H24N4O2S. The highest BCUT2D eigenvalue weighted by Gasteiger charge is 2.18. The van der Waals surface area contributed by atoms with Crippen molar-refractivity contribution in [3.05, 3.63) is 60.9 Å². The zero-order chi connectivity index (χ0) is 20.1. The van der Waals surface area contributed by atoms with E-state index < -0.39 is 0 Å². The number of imidazole rings is 1. The van der Waals surface area contributed by atoms with Crippen LogP contribution in [0.5, 0.6) is 5.75 Å². The van der Waals surface area contributed by atoms with Gasteiger partial charge in [-0.1, -0.05) is 11.8 Å². The topological polar surface area (TPSA) is 59.4 Å². The van der Waals surface area contributed by atoms with Crippen LogP contribution in [0.3, 0.4) is 0 Å².